The largest absolute Gasteiger partial charge is 0.511 e. The Labute approximate surface area is 167 Å². The van der Waals surface area contributed by atoms with Crippen molar-refractivity contribution in [3.63, 3.8) is 0 Å². The molecule has 3 heterocycles. The minimum absolute atomic E-state index is 0.0574. The maximum absolute atomic E-state index is 12.7. The van der Waals surface area contributed by atoms with Gasteiger partial charge >= 0.3 is 6.16 Å². The van der Waals surface area contributed by atoms with Crippen LogP contribution in [-0.2, 0) is 0 Å². The Balaban J connectivity index is 1.55. The lowest BCUT2D eigenvalue weighted by Crippen LogP contribution is -2.38. The van der Waals surface area contributed by atoms with E-state index >= 15 is 0 Å². The Morgan fingerprint density at radius 2 is 2.00 bits per heavy atom. The molecular formula is C21H24N4O4. The summed E-state index contributed by atoms with van der Waals surface area (Å²) in [4.78, 5) is 30.7. The minimum Gasteiger partial charge on any atom is -0.449 e. The molecule has 3 N–H and O–H groups in total. The Kier molecular flexibility index (Phi) is 4.13. The number of carboxylic acid groups (broad SMARTS) is 1. The minimum atomic E-state index is -1.49. The van der Waals surface area contributed by atoms with Gasteiger partial charge in [-0.1, -0.05) is 19.1 Å². The van der Waals surface area contributed by atoms with Gasteiger partial charge in [-0.3, -0.25) is 4.79 Å². The summed E-state index contributed by atoms with van der Waals surface area (Å²) in [7, 11) is 0. The molecule has 152 valence electrons. The summed E-state index contributed by atoms with van der Waals surface area (Å²) in [6, 6.07) is 3.85. The summed E-state index contributed by atoms with van der Waals surface area (Å²) in [6.45, 7) is 3.95. The van der Waals surface area contributed by atoms with Crippen molar-refractivity contribution in [1.82, 2.24) is 9.55 Å². The monoisotopic (exact) mass is 396 g/mol. The Bertz CT molecular complexity index is 1050. The quantitative estimate of drug-likeness (QED) is 0.605. The van der Waals surface area contributed by atoms with Crippen molar-refractivity contribution in [2.24, 2.45) is 23.5 Å². The average molecular weight is 396 g/mol. The number of fused-ring (bicyclic) bond motifs is 2. The molecule has 29 heavy (non-hydrogen) atoms. The van der Waals surface area contributed by atoms with Crippen LogP contribution in [-0.4, -0.2) is 39.9 Å². The fraction of sp³-hybridized carbons (Fsp3) is 0.476. The molecule has 5 rings (SSSR count). The van der Waals surface area contributed by atoms with Gasteiger partial charge in [-0.2, -0.15) is 0 Å². The highest BCUT2D eigenvalue weighted by molar-refractivity contribution is 5.79. The first-order valence-electron chi connectivity index (χ1n) is 10.1. The summed E-state index contributed by atoms with van der Waals surface area (Å²) in [5, 5.41) is 9.31. The number of nitrogens with zero attached hydrogens (tertiary/aromatic N) is 3. The van der Waals surface area contributed by atoms with Crippen LogP contribution in [0.2, 0.25) is 0 Å². The van der Waals surface area contributed by atoms with Crippen molar-refractivity contribution in [3.05, 3.63) is 40.7 Å². The van der Waals surface area contributed by atoms with Crippen LogP contribution < -0.4 is 20.8 Å². The first-order chi connectivity index (χ1) is 13.9. The van der Waals surface area contributed by atoms with E-state index in [1.807, 2.05) is 10.6 Å². The molecule has 0 radical (unpaired) electrons. The fourth-order valence-corrected chi connectivity index (χ4v) is 4.76. The van der Waals surface area contributed by atoms with Gasteiger partial charge in [-0.15, -0.1) is 0 Å². The van der Waals surface area contributed by atoms with Crippen LogP contribution in [0.1, 0.15) is 25.8 Å². The van der Waals surface area contributed by atoms with Crippen LogP contribution in [0.5, 0.6) is 5.75 Å². The lowest BCUT2D eigenvalue weighted by atomic mass is 9.77. The number of allylic oxidation sites excluding steroid dienone is 1. The highest BCUT2D eigenvalue weighted by Gasteiger charge is 2.40. The van der Waals surface area contributed by atoms with E-state index in [2.05, 4.69) is 24.0 Å². The summed E-state index contributed by atoms with van der Waals surface area (Å²) < 4.78 is 6.60. The van der Waals surface area contributed by atoms with Crippen LogP contribution in [0.3, 0.4) is 0 Å². The zero-order valence-corrected chi connectivity index (χ0v) is 16.2. The van der Waals surface area contributed by atoms with E-state index in [-0.39, 0.29) is 17.8 Å². The molecule has 2 aromatic heterocycles. The second-order valence-corrected chi connectivity index (χ2v) is 8.42. The lowest BCUT2D eigenvalue weighted by molar-refractivity contribution is 0.143. The molecule has 0 amide bonds. The van der Waals surface area contributed by atoms with E-state index in [0.717, 1.165) is 31.7 Å². The molecule has 0 aromatic carbocycles. The third-order valence-corrected chi connectivity index (χ3v) is 6.51. The number of ether oxygens (including phenoxy) is 1. The molecular weight excluding hydrogens is 372 g/mol. The molecule has 0 spiro atoms. The van der Waals surface area contributed by atoms with Crippen molar-refractivity contribution >= 4 is 23.0 Å². The number of hydrogen-bond donors (Lipinski definition) is 2. The average Bonchev–Trinajstić information content (AvgIpc) is 3.43. The first kappa shape index (κ1) is 18.2. The Morgan fingerprint density at radius 3 is 2.69 bits per heavy atom. The van der Waals surface area contributed by atoms with Gasteiger partial charge in [0.15, 0.2) is 5.75 Å². The highest BCUT2D eigenvalue weighted by Crippen LogP contribution is 2.39. The molecule has 2 aromatic rings. The van der Waals surface area contributed by atoms with Gasteiger partial charge in [0.05, 0.1) is 11.6 Å². The number of pyridine rings is 2. The van der Waals surface area contributed by atoms with E-state index in [4.69, 9.17) is 20.6 Å². The van der Waals surface area contributed by atoms with E-state index in [1.165, 1.54) is 6.20 Å². The van der Waals surface area contributed by atoms with Crippen LogP contribution >= 0.6 is 0 Å². The van der Waals surface area contributed by atoms with Crippen LogP contribution in [0.15, 0.2) is 35.3 Å². The summed E-state index contributed by atoms with van der Waals surface area (Å²) in [5.41, 5.74) is 6.45. The second-order valence-electron chi connectivity index (χ2n) is 8.42. The van der Waals surface area contributed by atoms with Gasteiger partial charge < -0.3 is 25.0 Å². The summed E-state index contributed by atoms with van der Waals surface area (Å²) in [6.07, 6.45) is 6.26. The number of aromatic nitrogens is 2. The normalized spacial score (nSPS) is 28.6. The zero-order valence-electron chi connectivity index (χ0n) is 16.2. The molecule has 4 atom stereocenters. The van der Waals surface area contributed by atoms with Crippen molar-refractivity contribution in [3.8, 4) is 5.75 Å². The second kappa shape index (κ2) is 6.59. The van der Waals surface area contributed by atoms with E-state index < -0.39 is 11.6 Å². The van der Waals surface area contributed by atoms with Gasteiger partial charge in [-0.05, 0) is 36.8 Å². The topological polar surface area (TPSA) is 111 Å². The van der Waals surface area contributed by atoms with Crippen molar-refractivity contribution in [2.75, 3.05) is 18.0 Å². The lowest BCUT2D eigenvalue weighted by Gasteiger charge is -2.30. The molecule has 2 aliphatic carbocycles. The predicted octanol–water partition coefficient (Wildman–Crippen LogP) is 2.37. The molecule has 1 aliphatic heterocycles. The molecule has 0 bridgehead atoms. The number of carbonyl (C=O) groups is 1. The van der Waals surface area contributed by atoms with Gasteiger partial charge in [0.1, 0.15) is 11.5 Å². The maximum atomic E-state index is 12.7. The van der Waals surface area contributed by atoms with Crippen molar-refractivity contribution < 1.29 is 14.6 Å². The Hall–Kier alpha value is -2.87. The molecule has 1 saturated carbocycles. The van der Waals surface area contributed by atoms with Gasteiger partial charge in [-0.25, -0.2) is 9.78 Å². The standard InChI is InChI=1S/C21H24N4O4/c1-11-2-6-16(22)15-9-24(8-14(11)15)18-7-5-13-19(26)17(29-21(27)28)10-25(12-3-4-12)20(13)23-18/h2,5-7,10-12,14-16H,3-4,8-9,22H2,1H3,(H,27,28). The number of hydrogen-bond acceptors (Lipinski definition) is 6. The highest BCUT2D eigenvalue weighted by atomic mass is 16.7. The molecule has 8 heteroatoms. The van der Waals surface area contributed by atoms with E-state index in [1.54, 1.807) is 6.07 Å². The maximum Gasteiger partial charge on any atom is 0.511 e. The van der Waals surface area contributed by atoms with E-state index in [0.29, 0.717) is 28.8 Å². The van der Waals surface area contributed by atoms with Crippen LogP contribution in [0, 0.1) is 17.8 Å². The zero-order chi connectivity index (χ0) is 20.3. The van der Waals surface area contributed by atoms with Crippen LogP contribution in [0.25, 0.3) is 11.0 Å². The van der Waals surface area contributed by atoms with Crippen molar-refractivity contribution in [1.29, 1.82) is 0 Å². The summed E-state index contributed by atoms with van der Waals surface area (Å²) in [5.74, 6) is 2.01. The predicted molar refractivity (Wildman–Crippen MR) is 108 cm³/mol. The molecule has 2 fully saturated rings. The van der Waals surface area contributed by atoms with Gasteiger partial charge in [0.2, 0.25) is 5.43 Å². The number of nitrogens with two attached hydrogens (primary N) is 1. The van der Waals surface area contributed by atoms with Gasteiger partial charge in [0.25, 0.3) is 0 Å². The molecule has 1 saturated heterocycles. The van der Waals surface area contributed by atoms with Crippen molar-refractivity contribution in [2.45, 2.75) is 31.8 Å². The fourth-order valence-electron chi connectivity index (χ4n) is 4.76. The smallest absolute Gasteiger partial charge is 0.449 e. The number of rotatable bonds is 3. The third kappa shape index (κ3) is 3.07. The number of anilines is 1. The van der Waals surface area contributed by atoms with Crippen LogP contribution in [0.4, 0.5) is 10.6 Å². The molecule has 3 aliphatic rings. The first-order valence-corrected chi connectivity index (χ1v) is 10.1. The third-order valence-electron chi connectivity index (χ3n) is 6.51. The molecule has 8 nitrogen and oxygen atoms in total. The van der Waals surface area contributed by atoms with E-state index in [9.17, 15) is 9.59 Å². The van der Waals surface area contributed by atoms with Gasteiger partial charge in [0, 0.05) is 31.1 Å². The SMILES string of the molecule is CC1C=CC(N)C2CN(c3ccc4c(=O)c(OC(=O)O)cn(C5CC5)c4n3)CC12. The summed E-state index contributed by atoms with van der Waals surface area (Å²) >= 11 is 0. The Morgan fingerprint density at radius 1 is 1.24 bits per heavy atom. The molecule has 4 unspecified atom stereocenters.